The lowest BCUT2D eigenvalue weighted by molar-refractivity contribution is -0.134. The zero-order valence-corrected chi connectivity index (χ0v) is 11.5. The van der Waals surface area contributed by atoms with Crippen LogP contribution in [-0.4, -0.2) is 49.0 Å². The van der Waals surface area contributed by atoms with E-state index < -0.39 is 34.8 Å². The number of hydrogen-bond donors (Lipinski definition) is 1. The first-order valence-electron chi connectivity index (χ1n) is 6.43. The zero-order chi connectivity index (χ0) is 14.5. The van der Waals surface area contributed by atoms with Crippen LogP contribution >= 0.6 is 0 Å². The molecule has 1 saturated heterocycles. The van der Waals surface area contributed by atoms with Gasteiger partial charge in [-0.25, -0.2) is 8.42 Å². The molecular formula is C11H20F3NO3S. The van der Waals surface area contributed by atoms with Crippen molar-refractivity contribution in [1.82, 2.24) is 4.31 Å². The average molecular weight is 303 g/mol. The van der Waals surface area contributed by atoms with Crippen molar-refractivity contribution in [2.75, 3.05) is 18.9 Å². The van der Waals surface area contributed by atoms with E-state index in [9.17, 15) is 21.6 Å². The number of alkyl halides is 3. The van der Waals surface area contributed by atoms with Crippen LogP contribution in [0.4, 0.5) is 13.2 Å². The number of nitrogens with zero attached hydrogens (tertiary/aromatic N) is 1. The molecule has 1 aliphatic heterocycles. The first-order valence-corrected chi connectivity index (χ1v) is 8.04. The highest BCUT2D eigenvalue weighted by molar-refractivity contribution is 7.89. The predicted molar refractivity (Wildman–Crippen MR) is 65.1 cm³/mol. The summed E-state index contributed by atoms with van der Waals surface area (Å²) in [6, 6.07) is -0.164. The topological polar surface area (TPSA) is 57.6 Å². The molecule has 1 rings (SSSR count). The molecule has 0 saturated carbocycles. The van der Waals surface area contributed by atoms with Crippen LogP contribution in [-0.2, 0) is 10.0 Å². The van der Waals surface area contributed by atoms with Crippen molar-refractivity contribution in [2.45, 2.75) is 50.7 Å². The van der Waals surface area contributed by atoms with Gasteiger partial charge in [-0.3, -0.25) is 0 Å². The van der Waals surface area contributed by atoms with E-state index in [4.69, 9.17) is 5.11 Å². The molecule has 8 heteroatoms. The van der Waals surface area contributed by atoms with Crippen molar-refractivity contribution < 1.29 is 26.7 Å². The molecular weight excluding hydrogens is 283 g/mol. The fourth-order valence-electron chi connectivity index (χ4n) is 2.36. The van der Waals surface area contributed by atoms with Crippen molar-refractivity contribution in [3.63, 3.8) is 0 Å². The van der Waals surface area contributed by atoms with Gasteiger partial charge >= 0.3 is 6.18 Å². The molecule has 4 nitrogen and oxygen atoms in total. The maximum absolute atomic E-state index is 12.0. The number of sulfonamides is 1. The van der Waals surface area contributed by atoms with Crippen molar-refractivity contribution >= 4 is 10.0 Å². The van der Waals surface area contributed by atoms with E-state index in [1.807, 2.05) is 0 Å². The third kappa shape index (κ3) is 5.66. The second kappa shape index (κ2) is 6.90. The van der Waals surface area contributed by atoms with E-state index in [1.165, 1.54) is 4.31 Å². The first-order chi connectivity index (χ1) is 8.76. The molecule has 0 spiro atoms. The Morgan fingerprint density at radius 2 is 1.95 bits per heavy atom. The van der Waals surface area contributed by atoms with Gasteiger partial charge in [0.05, 0.1) is 5.75 Å². The summed E-state index contributed by atoms with van der Waals surface area (Å²) in [5, 5.41) is 8.75. The summed E-state index contributed by atoms with van der Waals surface area (Å²) in [7, 11) is -3.61. The molecule has 0 aromatic heterocycles. The Bertz CT molecular complexity index is 370. The molecule has 1 fully saturated rings. The fraction of sp³-hybridized carbons (Fsp3) is 1.00. The third-order valence-corrected chi connectivity index (χ3v) is 5.24. The van der Waals surface area contributed by atoms with E-state index in [-0.39, 0.29) is 12.6 Å². The summed E-state index contributed by atoms with van der Waals surface area (Å²) < 4.78 is 61.3. The van der Waals surface area contributed by atoms with Crippen LogP contribution < -0.4 is 0 Å². The highest BCUT2D eigenvalue weighted by Crippen LogP contribution is 2.27. The minimum absolute atomic E-state index is 0.00153. The quantitative estimate of drug-likeness (QED) is 0.781. The highest BCUT2D eigenvalue weighted by Gasteiger charge is 2.34. The van der Waals surface area contributed by atoms with Crippen LogP contribution in [0.3, 0.4) is 0 Å². The molecule has 0 aromatic rings. The SMILES string of the molecule is O=S(=O)(CCCC(F)(F)F)N1CCCC1CCCO. The molecule has 1 N–H and O–H groups in total. The van der Waals surface area contributed by atoms with Gasteiger partial charge in [-0.1, -0.05) is 0 Å². The van der Waals surface area contributed by atoms with Crippen molar-refractivity contribution in [2.24, 2.45) is 0 Å². The highest BCUT2D eigenvalue weighted by atomic mass is 32.2. The van der Waals surface area contributed by atoms with Gasteiger partial charge in [0.2, 0.25) is 10.0 Å². The molecule has 1 aliphatic rings. The molecule has 1 heterocycles. The minimum atomic E-state index is -4.31. The summed E-state index contributed by atoms with van der Waals surface area (Å²) in [6.45, 7) is 0.378. The van der Waals surface area contributed by atoms with E-state index in [1.54, 1.807) is 0 Å². The second-order valence-corrected chi connectivity index (χ2v) is 6.85. The average Bonchev–Trinajstić information content (AvgIpc) is 2.72. The summed E-state index contributed by atoms with van der Waals surface area (Å²) in [4.78, 5) is 0. The van der Waals surface area contributed by atoms with Crippen molar-refractivity contribution in [3.05, 3.63) is 0 Å². The molecule has 114 valence electrons. The Morgan fingerprint density at radius 3 is 2.53 bits per heavy atom. The lowest BCUT2D eigenvalue weighted by atomic mass is 10.1. The Hall–Kier alpha value is -0.340. The number of aliphatic hydroxyl groups is 1. The Kier molecular flexibility index (Phi) is 6.07. The Morgan fingerprint density at radius 1 is 1.26 bits per heavy atom. The third-order valence-electron chi connectivity index (χ3n) is 3.24. The summed E-state index contributed by atoms with van der Waals surface area (Å²) in [5.74, 6) is -0.456. The Balaban J connectivity index is 2.51. The maximum Gasteiger partial charge on any atom is 0.389 e. The van der Waals surface area contributed by atoms with Gasteiger partial charge in [0.1, 0.15) is 0 Å². The van der Waals surface area contributed by atoms with Crippen LogP contribution in [0.5, 0.6) is 0 Å². The molecule has 19 heavy (non-hydrogen) atoms. The number of halogens is 3. The monoisotopic (exact) mass is 303 g/mol. The van der Waals surface area contributed by atoms with Crippen LogP contribution in [0.15, 0.2) is 0 Å². The molecule has 0 radical (unpaired) electrons. The predicted octanol–water partition coefficient (Wildman–Crippen LogP) is 1.90. The minimum Gasteiger partial charge on any atom is -0.396 e. The summed E-state index contributed by atoms with van der Waals surface area (Å²) >= 11 is 0. The van der Waals surface area contributed by atoms with E-state index in [2.05, 4.69) is 0 Å². The van der Waals surface area contributed by atoms with Crippen LogP contribution in [0, 0.1) is 0 Å². The lowest BCUT2D eigenvalue weighted by Gasteiger charge is -2.24. The van der Waals surface area contributed by atoms with Gasteiger partial charge in [-0.15, -0.1) is 0 Å². The molecule has 0 aromatic carbocycles. The molecule has 0 aliphatic carbocycles. The normalized spacial score (nSPS) is 22.0. The smallest absolute Gasteiger partial charge is 0.389 e. The van der Waals surface area contributed by atoms with Gasteiger partial charge in [0.25, 0.3) is 0 Å². The zero-order valence-electron chi connectivity index (χ0n) is 10.7. The lowest BCUT2D eigenvalue weighted by Crippen LogP contribution is -2.37. The summed E-state index contributed by atoms with van der Waals surface area (Å²) in [6.07, 6.45) is -3.24. The van der Waals surface area contributed by atoms with Crippen molar-refractivity contribution in [3.8, 4) is 0 Å². The van der Waals surface area contributed by atoms with Gasteiger partial charge < -0.3 is 5.11 Å². The van der Waals surface area contributed by atoms with Crippen LogP contribution in [0.2, 0.25) is 0 Å². The second-order valence-electron chi connectivity index (χ2n) is 4.81. The van der Waals surface area contributed by atoms with E-state index in [0.717, 1.165) is 12.8 Å². The fourth-order valence-corrected chi connectivity index (χ4v) is 4.18. The van der Waals surface area contributed by atoms with Crippen LogP contribution in [0.1, 0.15) is 38.5 Å². The maximum atomic E-state index is 12.0. The molecule has 0 bridgehead atoms. The number of rotatable bonds is 7. The van der Waals surface area contributed by atoms with Gasteiger partial charge in [-0.05, 0) is 32.1 Å². The standard InChI is InChI=1S/C11H20F3NO3S/c12-11(13,14)6-3-9-19(17,18)15-7-1-4-10(15)5-2-8-16/h10,16H,1-9H2. The van der Waals surface area contributed by atoms with Crippen molar-refractivity contribution in [1.29, 1.82) is 0 Å². The largest absolute Gasteiger partial charge is 0.396 e. The van der Waals surface area contributed by atoms with Gasteiger partial charge in [-0.2, -0.15) is 17.5 Å². The summed E-state index contributed by atoms with van der Waals surface area (Å²) in [5.41, 5.74) is 0. The number of hydrogen-bond acceptors (Lipinski definition) is 3. The van der Waals surface area contributed by atoms with Crippen LogP contribution in [0.25, 0.3) is 0 Å². The molecule has 0 amide bonds. The van der Waals surface area contributed by atoms with Gasteiger partial charge in [0, 0.05) is 25.6 Å². The van der Waals surface area contributed by atoms with E-state index in [0.29, 0.717) is 19.4 Å². The first kappa shape index (κ1) is 16.7. The Labute approximate surface area is 111 Å². The molecule has 1 unspecified atom stereocenters. The molecule has 1 atom stereocenters. The van der Waals surface area contributed by atoms with E-state index >= 15 is 0 Å². The van der Waals surface area contributed by atoms with Gasteiger partial charge in [0.15, 0.2) is 0 Å². The number of aliphatic hydroxyl groups excluding tert-OH is 1.